The van der Waals surface area contributed by atoms with Crippen molar-refractivity contribution in [2.24, 2.45) is 0 Å². The fourth-order valence-corrected chi connectivity index (χ4v) is 1.46. The van der Waals surface area contributed by atoms with E-state index in [2.05, 4.69) is 5.32 Å². The van der Waals surface area contributed by atoms with Crippen LogP contribution in [0.1, 0.15) is 16.6 Å². The van der Waals surface area contributed by atoms with Crippen molar-refractivity contribution in [3.05, 3.63) is 22.4 Å². The monoisotopic (exact) mass is 215 g/mol. The number of rotatable bonds is 4. The fourth-order valence-electron chi connectivity index (χ4n) is 0.821. The third-order valence-corrected chi connectivity index (χ3v) is 2.58. The molecule has 1 aromatic heterocycles. The lowest BCUT2D eigenvalue weighted by Crippen LogP contribution is -2.43. The van der Waals surface area contributed by atoms with Gasteiger partial charge in [0, 0.05) is 6.54 Å². The summed E-state index contributed by atoms with van der Waals surface area (Å²) in [7, 11) is 0. The van der Waals surface area contributed by atoms with Crippen LogP contribution in [0.2, 0.25) is 0 Å². The number of aliphatic hydroxyl groups is 2. The molecule has 0 aliphatic rings. The van der Waals surface area contributed by atoms with Crippen molar-refractivity contribution in [2.45, 2.75) is 12.5 Å². The Kier molecular flexibility index (Phi) is 3.62. The fraction of sp³-hybridized carbons (Fsp3) is 0.444. The molecule has 0 fully saturated rings. The zero-order chi connectivity index (χ0) is 10.6. The summed E-state index contributed by atoms with van der Waals surface area (Å²) in [6, 6.07) is 3.48. The van der Waals surface area contributed by atoms with Crippen LogP contribution < -0.4 is 5.32 Å². The SMILES string of the molecule is CC(O)(CO)CNC(=O)c1cccs1. The van der Waals surface area contributed by atoms with Crippen LogP contribution in [0.25, 0.3) is 0 Å². The Bertz CT molecular complexity index is 295. The van der Waals surface area contributed by atoms with E-state index in [1.54, 1.807) is 17.5 Å². The first-order valence-electron chi connectivity index (χ1n) is 4.20. The first-order valence-corrected chi connectivity index (χ1v) is 5.08. The van der Waals surface area contributed by atoms with Crippen LogP contribution in [-0.4, -0.2) is 34.9 Å². The van der Waals surface area contributed by atoms with Gasteiger partial charge in [-0.25, -0.2) is 0 Å². The normalized spacial score (nSPS) is 14.8. The Morgan fingerprint density at radius 2 is 2.43 bits per heavy atom. The number of carbonyl (C=O) groups excluding carboxylic acids is 1. The number of nitrogens with one attached hydrogen (secondary N) is 1. The van der Waals surface area contributed by atoms with E-state index in [9.17, 15) is 9.90 Å². The first-order chi connectivity index (χ1) is 6.55. The van der Waals surface area contributed by atoms with Gasteiger partial charge in [0.15, 0.2) is 0 Å². The molecule has 0 aromatic carbocycles. The van der Waals surface area contributed by atoms with E-state index < -0.39 is 5.60 Å². The molecule has 1 aromatic rings. The summed E-state index contributed by atoms with van der Waals surface area (Å²) < 4.78 is 0. The Labute approximate surface area is 86.2 Å². The first kappa shape index (κ1) is 11.2. The Balaban J connectivity index is 2.43. The van der Waals surface area contributed by atoms with E-state index in [0.717, 1.165) is 0 Å². The molecule has 1 heterocycles. The van der Waals surface area contributed by atoms with Crippen LogP contribution in [0.5, 0.6) is 0 Å². The lowest BCUT2D eigenvalue weighted by atomic mass is 10.1. The van der Waals surface area contributed by atoms with Gasteiger partial charge in [0.1, 0.15) is 5.60 Å². The molecular weight excluding hydrogens is 202 g/mol. The molecule has 5 heteroatoms. The number of amides is 1. The topological polar surface area (TPSA) is 69.6 Å². The maximum Gasteiger partial charge on any atom is 0.261 e. The summed E-state index contributed by atoms with van der Waals surface area (Å²) in [6.07, 6.45) is 0. The smallest absolute Gasteiger partial charge is 0.261 e. The second kappa shape index (κ2) is 4.54. The van der Waals surface area contributed by atoms with Crippen molar-refractivity contribution in [3.8, 4) is 0 Å². The van der Waals surface area contributed by atoms with Gasteiger partial charge in [-0.1, -0.05) is 6.07 Å². The maximum absolute atomic E-state index is 11.4. The number of hydrogen-bond donors (Lipinski definition) is 3. The van der Waals surface area contributed by atoms with Crippen LogP contribution in [0.3, 0.4) is 0 Å². The van der Waals surface area contributed by atoms with Crippen molar-refractivity contribution in [1.82, 2.24) is 5.32 Å². The number of thiophene rings is 1. The highest BCUT2D eigenvalue weighted by Crippen LogP contribution is 2.08. The van der Waals surface area contributed by atoms with Gasteiger partial charge >= 0.3 is 0 Å². The zero-order valence-electron chi connectivity index (χ0n) is 7.86. The largest absolute Gasteiger partial charge is 0.393 e. The number of carbonyl (C=O) groups is 1. The van der Waals surface area contributed by atoms with Gasteiger partial charge in [-0.15, -0.1) is 11.3 Å². The molecule has 0 aliphatic carbocycles. The Morgan fingerprint density at radius 1 is 1.71 bits per heavy atom. The molecule has 0 saturated carbocycles. The highest BCUT2D eigenvalue weighted by Gasteiger charge is 2.20. The number of aliphatic hydroxyl groups excluding tert-OH is 1. The summed E-state index contributed by atoms with van der Waals surface area (Å²) in [5, 5.41) is 22.5. The molecule has 0 saturated heterocycles. The molecule has 3 N–H and O–H groups in total. The van der Waals surface area contributed by atoms with Gasteiger partial charge < -0.3 is 15.5 Å². The molecule has 0 radical (unpaired) electrons. The molecule has 0 aliphatic heterocycles. The molecule has 78 valence electrons. The number of hydrogen-bond acceptors (Lipinski definition) is 4. The zero-order valence-corrected chi connectivity index (χ0v) is 8.67. The quantitative estimate of drug-likeness (QED) is 0.673. The van der Waals surface area contributed by atoms with E-state index in [0.29, 0.717) is 4.88 Å². The molecule has 14 heavy (non-hydrogen) atoms. The summed E-state index contributed by atoms with van der Waals surface area (Å²) in [5.41, 5.74) is -1.26. The van der Waals surface area contributed by atoms with Crippen molar-refractivity contribution >= 4 is 17.2 Å². The summed E-state index contributed by atoms with van der Waals surface area (Å²) in [5.74, 6) is -0.228. The van der Waals surface area contributed by atoms with Crippen LogP contribution in [0.15, 0.2) is 17.5 Å². The summed E-state index contributed by atoms with van der Waals surface area (Å²) >= 11 is 1.33. The van der Waals surface area contributed by atoms with Gasteiger partial charge in [0.05, 0.1) is 11.5 Å². The highest BCUT2D eigenvalue weighted by molar-refractivity contribution is 7.12. The van der Waals surface area contributed by atoms with Crippen molar-refractivity contribution in [1.29, 1.82) is 0 Å². The van der Waals surface area contributed by atoms with Gasteiger partial charge in [-0.3, -0.25) is 4.79 Å². The van der Waals surface area contributed by atoms with Crippen LogP contribution >= 0.6 is 11.3 Å². The predicted molar refractivity (Wildman–Crippen MR) is 54.4 cm³/mol. The van der Waals surface area contributed by atoms with Crippen molar-refractivity contribution in [2.75, 3.05) is 13.2 Å². The minimum atomic E-state index is -1.26. The average Bonchev–Trinajstić information content (AvgIpc) is 2.67. The van der Waals surface area contributed by atoms with E-state index >= 15 is 0 Å². The lowest BCUT2D eigenvalue weighted by Gasteiger charge is -2.20. The van der Waals surface area contributed by atoms with Gasteiger partial charge in [0.2, 0.25) is 0 Å². The minimum Gasteiger partial charge on any atom is -0.393 e. The Hall–Kier alpha value is -0.910. The second-order valence-corrected chi connectivity index (χ2v) is 4.26. The molecule has 1 atom stereocenters. The second-order valence-electron chi connectivity index (χ2n) is 3.32. The van der Waals surface area contributed by atoms with E-state index in [4.69, 9.17) is 5.11 Å². The van der Waals surface area contributed by atoms with Gasteiger partial charge in [-0.2, -0.15) is 0 Å². The van der Waals surface area contributed by atoms with E-state index in [-0.39, 0.29) is 19.1 Å². The van der Waals surface area contributed by atoms with Crippen molar-refractivity contribution < 1.29 is 15.0 Å². The standard InChI is InChI=1S/C9H13NO3S/c1-9(13,6-11)5-10-8(12)7-3-2-4-14-7/h2-4,11,13H,5-6H2,1H3,(H,10,12). The van der Waals surface area contributed by atoms with Gasteiger partial charge in [0.25, 0.3) is 5.91 Å². The molecule has 4 nitrogen and oxygen atoms in total. The van der Waals surface area contributed by atoms with Crippen LogP contribution in [-0.2, 0) is 0 Å². The maximum atomic E-state index is 11.4. The summed E-state index contributed by atoms with van der Waals surface area (Å²) in [4.78, 5) is 12.0. The van der Waals surface area contributed by atoms with E-state index in [1.165, 1.54) is 18.3 Å². The third-order valence-electron chi connectivity index (χ3n) is 1.72. The minimum absolute atomic E-state index is 0.0419. The van der Waals surface area contributed by atoms with Crippen molar-refractivity contribution in [3.63, 3.8) is 0 Å². The Morgan fingerprint density at radius 3 is 2.93 bits per heavy atom. The summed E-state index contributed by atoms with van der Waals surface area (Å²) in [6.45, 7) is 1.12. The average molecular weight is 215 g/mol. The van der Waals surface area contributed by atoms with E-state index in [1.807, 2.05) is 0 Å². The molecule has 0 spiro atoms. The predicted octanol–water partition coefficient (Wildman–Crippen LogP) is 0.221. The highest BCUT2D eigenvalue weighted by atomic mass is 32.1. The van der Waals surface area contributed by atoms with Crippen LogP contribution in [0, 0.1) is 0 Å². The molecule has 1 amide bonds. The van der Waals surface area contributed by atoms with Gasteiger partial charge in [-0.05, 0) is 18.4 Å². The molecule has 1 rings (SSSR count). The molecule has 0 bridgehead atoms. The third kappa shape index (κ3) is 3.10. The lowest BCUT2D eigenvalue weighted by molar-refractivity contribution is 0.00323. The molecular formula is C9H13NO3S. The molecule has 1 unspecified atom stereocenters. The van der Waals surface area contributed by atoms with Crippen LogP contribution in [0.4, 0.5) is 0 Å².